The fraction of sp³-hybridized carbons (Fsp3) is 0.632. The van der Waals surface area contributed by atoms with E-state index in [1.807, 2.05) is 0 Å². The number of amides is 2. The van der Waals surface area contributed by atoms with Gasteiger partial charge in [-0.1, -0.05) is 30.3 Å². The Morgan fingerprint density at radius 2 is 2.00 bits per heavy atom. The minimum absolute atomic E-state index is 0.0555. The minimum atomic E-state index is -0.0555. The van der Waals surface area contributed by atoms with Gasteiger partial charge in [-0.3, -0.25) is 4.90 Å². The van der Waals surface area contributed by atoms with Crippen LogP contribution in [0.5, 0.6) is 0 Å². The second kappa shape index (κ2) is 8.49. The molecule has 0 radical (unpaired) electrons. The molecular weight excluding hydrogens is 302 g/mol. The second-order valence-corrected chi connectivity index (χ2v) is 6.89. The molecule has 2 heterocycles. The molecule has 132 valence electrons. The maximum Gasteiger partial charge on any atom is 0.315 e. The lowest BCUT2D eigenvalue weighted by Gasteiger charge is -2.36. The molecule has 2 saturated heterocycles. The van der Waals surface area contributed by atoms with Crippen molar-refractivity contribution >= 4 is 6.03 Å². The molecule has 1 aromatic rings. The molecule has 2 aliphatic rings. The van der Waals surface area contributed by atoms with Gasteiger partial charge in [-0.2, -0.15) is 0 Å². The van der Waals surface area contributed by atoms with Gasteiger partial charge in [0.05, 0.1) is 6.10 Å². The van der Waals surface area contributed by atoms with Crippen LogP contribution in [0.25, 0.3) is 0 Å². The number of urea groups is 1. The first kappa shape index (κ1) is 17.2. The van der Waals surface area contributed by atoms with Crippen LogP contribution in [0.3, 0.4) is 0 Å². The molecule has 0 spiro atoms. The summed E-state index contributed by atoms with van der Waals surface area (Å²) in [5.41, 5.74) is 1.36. The normalized spacial score (nSPS) is 23.8. The topological polar surface area (TPSA) is 53.6 Å². The molecular formula is C19H29N3O2. The van der Waals surface area contributed by atoms with E-state index in [-0.39, 0.29) is 18.2 Å². The number of ether oxygens (including phenoxy) is 1. The van der Waals surface area contributed by atoms with E-state index in [9.17, 15) is 4.79 Å². The number of piperidine rings is 1. The van der Waals surface area contributed by atoms with E-state index in [0.717, 1.165) is 45.4 Å². The lowest BCUT2D eigenvalue weighted by atomic mass is 10.0. The zero-order valence-corrected chi connectivity index (χ0v) is 14.5. The van der Waals surface area contributed by atoms with Gasteiger partial charge in [-0.25, -0.2) is 4.79 Å². The molecule has 24 heavy (non-hydrogen) atoms. The van der Waals surface area contributed by atoms with Gasteiger partial charge >= 0.3 is 6.03 Å². The maximum absolute atomic E-state index is 12.0. The highest BCUT2D eigenvalue weighted by Gasteiger charge is 2.24. The third-order valence-corrected chi connectivity index (χ3v) is 5.21. The summed E-state index contributed by atoms with van der Waals surface area (Å²) in [5.74, 6) is 0. The van der Waals surface area contributed by atoms with Crippen LogP contribution in [0.15, 0.2) is 30.3 Å². The van der Waals surface area contributed by atoms with Gasteiger partial charge in [0.25, 0.3) is 0 Å². The largest absolute Gasteiger partial charge is 0.376 e. The molecule has 0 bridgehead atoms. The van der Waals surface area contributed by atoms with Crippen molar-refractivity contribution in [3.05, 3.63) is 35.9 Å². The zero-order chi connectivity index (χ0) is 16.8. The van der Waals surface area contributed by atoms with Crippen LogP contribution in [-0.2, 0) is 4.74 Å². The monoisotopic (exact) mass is 331 g/mol. The molecule has 2 fully saturated rings. The number of carbonyl (C=O) groups is 1. The van der Waals surface area contributed by atoms with Crippen LogP contribution in [0.4, 0.5) is 4.79 Å². The van der Waals surface area contributed by atoms with Gasteiger partial charge in [0.1, 0.15) is 0 Å². The van der Waals surface area contributed by atoms with Crippen molar-refractivity contribution in [1.29, 1.82) is 0 Å². The van der Waals surface area contributed by atoms with Gasteiger partial charge in [-0.05, 0) is 38.2 Å². The first-order valence-electron chi connectivity index (χ1n) is 9.17. The minimum Gasteiger partial charge on any atom is -0.376 e. The maximum atomic E-state index is 12.0. The molecule has 5 nitrogen and oxygen atoms in total. The molecule has 2 atom stereocenters. The predicted octanol–water partition coefficient (Wildman–Crippen LogP) is 2.69. The van der Waals surface area contributed by atoms with Gasteiger partial charge in [0.2, 0.25) is 0 Å². The summed E-state index contributed by atoms with van der Waals surface area (Å²) in [6.45, 7) is 5.75. The van der Waals surface area contributed by atoms with Crippen LogP contribution >= 0.6 is 0 Å². The van der Waals surface area contributed by atoms with E-state index >= 15 is 0 Å². The number of hydrogen-bond donors (Lipinski definition) is 2. The molecule has 0 aliphatic carbocycles. The van der Waals surface area contributed by atoms with E-state index in [4.69, 9.17) is 4.74 Å². The summed E-state index contributed by atoms with van der Waals surface area (Å²) in [7, 11) is 0. The Hall–Kier alpha value is -1.59. The summed E-state index contributed by atoms with van der Waals surface area (Å²) in [6, 6.07) is 11.3. The number of benzene rings is 1. The van der Waals surface area contributed by atoms with Crippen molar-refractivity contribution in [2.45, 2.75) is 50.8 Å². The van der Waals surface area contributed by atoms with E-state index in [2.05, 4.69) is 52.8 Å². The van der Waals surface area contributed by atoms with E-state index < -0.39 is 0 Å². The van der Waals surface area contributed by atoms with Gasteiger partial charge in [0.15, 0.2) is 0 Å². The summed E-state index contributed by atoms with van der Waals surface area (Å²) in [5, 5.41) is 6.05. The fourth-order valence-electron chi connectivity index (χ4n) is 3.62. The average Bonchev–Trinajstić information content (AvgIpc) is 3.14. The Morgan fingerprint density at radius 3 is 2.67 bits per heavy atom. The average molecular weight is 331 g/mol. The smallest absolute Gasteiger partial charge is 0.315 e. The van der Waals surface area contributed by atoms with E-state index in [0.29, 0.717) is 12.6 Å². The van der Waals surface area contributed by atoms with Crippen LogP contribution in [0.1, 0.15) is 44.2 Å². The van der Waals surface area contributed by atoms with Crippen molar-refractivity contribution in [2.75, 3.05) is 26.2 Å². The molecule has 1 aromatic carbocycles. The van der Waals surface area contributed by atoms with Crippen LogP contribution in [0.2, 0.25) is 0 Å². The Balaban J connectivity index is 1.37. The van der Waals surface area contributed by atoms with E-state index in [1.165, 1.54) is 5.56 Å². The van der Waals surface area contributed by atoms with Crippen LogP contribution in [-0.4, -0.2) is 49.3 Å². The number of carbonyl (C=O) groups excluding carboxylic acids is 1. The molecule has 3 rings (SSSR count). The first-order valence-corrected chi connectivity index (χ1v) is 9.17. The Morgan fingerprint density at radius 1 is 1.25 bits per heavy atom. The van der Waals surface area contributed by atoms with Crippen molar-refractivity contribution in [3.8, 4) is 0 Å². The number of nitrogens with zero attached hydrogens (tertiary/aromatic N) is 1. The molecule has 2 amide bonds. The molecule has 2 N–H and O–H groups in total. The number of likely N-dealkylation sites (tertiary alicyclic amines) is 1. The van der Waals surface area contributed by atoms with Gasteiger partial charge in [0, 0.05) is 38.3 Å². The lowest BCUT2D eigenvalue weighted by Crippen LogP contribution is -2.49. The van der Waals surface area contributed by atoms with Crippen LogP contribution in [0, 0.1) is 0 Å². The molecule has 0 unspecified atom stereocenters. The molecule has 0 saturated carbocycles. The van der Waals surface area contributed by atoms with Gasteiger partial charge < -0.3 is 15.4 Å². The second-order valence-electron chi connectivity index (χ2n) is 6.89. The third-order valence-electron chi connectivity index (χ3n) is 5.21. The zero-order valence-electron chi connectivity index (χ0n) is 14.5. The Labute approximate surface area is 144 Å². The van der Waals surface area contributed by atoms with Crippen LogP contribution < -0.4 is 10.6 Å². The highest BCUT2D eigenvalue weighted by atomic mass is 16.5. The third kappa shape index (κ3) is 4.71. The number of rotatable bonds is 5. The summed E-state index contributed by atoms with van der Waals surface area (Å²) >= 11 is 0. The summed E-state index contributed by atoms with van der Waals surface area (Å²) in [6.07, 6.45) is 4.36. The molecule has 5 heteroatoms. The number of nitrogens with one attached hydrogen (secondary N) is 2. The predicted molar refractivity (Wildman–Crippen MR) is 95.0 cm³/mol. The van der Waals surface area contributed by atoms with E-state index in [1.54, 1.807) is 0 Å². The Kier molecular flexibility index (Phi) is 6.10. The summed E-state index contributed by atoms with van der Waals surface area (Å²) in [4.78, 5) is 14.5. The number of hydrogen-bond acceptors (Lipinski definition) is 3. The highest BCUT2D eigenvalue weighted by molar-refractivity contribution is 5.74. The van der Waals surface area contributed by atoms with Crippen molar-refractivity contribution in [1.82, 2.24) is 15.5 Å². The highest BCUT2D eigenvalue weighted by Crippen LogP contribution is 2.23. The van der Waals surface area contributed by atoms with Gasteiger partial charge in [-0.15, -0.1) is 0 Å². The van der Waals surface area contributed by atoms with Crippen molar-refractivity contribution < 1.29 is 9.53 Å². The Bertz CT molecular complexity index is 509. The fourth-order valence-corrected chi connectivity index (χ4v) is 3.62. The molecule has 2 aliphatic heterocycles. The van der Waals surface area contributed by atoms with Crippen molar-refractivity contribution in [2.24, 2.45) is 0 Å². The SMILES string of the molecule is C[C@@H](c1ccccc1)N1CCC(NC(=O)NC[C@@H]2CCCO2)CC1. The first-order chi connectivity index (χ1) is 11.7. The molecule has 0 aromatic heterocycles. The lowest BCUT2D eigenvalue weighted by molar-refractivity contribution is 0.110. The summed E-state index contributed by atoms with van der Waals surface area (Å²) < 4.78 is 5.53. The van der Waals surface area contributed by atoms with Crippen molar-refractivity contribution in [3.63, 3.8) is 0 Å². The standard InChI is InChI=1S/C19H29N3O2/c1-15(16-6-3-2-4-7-16)22-11-9-17(10-12-22)21-19(23)20-14-18-8-5-13-24-18/h2-4,6-7,15,17-18H,5,8-14H2,1H3,(H2,20,21,23)/t15-,18-/m0/s1. The quantitative estimate of drug-likeness (QED) is 0.872.